The van der Waals surface area contributed by atoms with Crippen molar-refractivity contribution in [2.24, 2.45) is 5.92 Å². The van der Waals surface area contributed by atoms with Crippen LogP contribution in [0.1, 0.15) is 24.2 Å². The Morgan fingerprint density at radius 1 is 0.857 bits per heavy atom. The first-order chi connectivity index (χ1) is 10.1. The highest BCUT2D eigenvalue weighted by Crippen LogP contribution is 2.14. The van der Waals surface area contributed by atoms with Crippen LogP contribution in [0.15, 0.2) is 54.6 Å². The first kappa shape index (κ1) is 14.8. The van der Waals surface area contributed by atoms with Crippen LogP contribution in [0.5, 0.6) is 0 Å². The van der Waals surface area contributed by atoms with Crippen LogP contribution in [0.2, 0.25) is 0 Å². The molecule has 0 radical (unpaired) electrons. The van der Waals surface area contributed by atoms with E-state index in [0.29, 0.717) is 11.3 Å². The van der Waals surface area contributed by atoms with Gasteiger partial charge in [0.1, 0.15) is 0 Å². The summed E-state index contributed by atoms with van der Waals surface area (Å²) in [6, 6.07) is 16.1. The van der Waals surface area contributed by atoms with Crippen molar-refractivity contribution >= 4 is 23.2 Å². The highest BCUT2D eigenvalue weighted by Gasteiger charge is 2.10. The highest BCUT2D eigenvalue weighted by atomic mass is 16.2. The molecule has 4 heteroatoms. The first-order valence-electron chi connectivity index (χ1n) is 6.83. The van der Waals surface area contributed by atoms with Crippen molar-refractivity contribution in [1.82, 2.24) is 0 Å². The third-order valence-electron chi connectivity index (χ3n) is 2.95. The summed E-state index contributed by atoms with van der Waals surface area (Å²) in [5.41, 5.74) is 1.86. The van der Waals surface area contributed by atoms with Gasteiger partial charge in [0.25, 0.3) is 5.91 Å². The van der Waals surface area contributed by atoms with E-state index in [4.69, 9.17) is 0 Å². The van der Waals surface area contributed by atoms with Gasteiger partial charge in [-0.05, 0) is 30.3 Å². The fourth-order valence-electron chi connectivity index (χ4n) is 1.75. The molecule has 0 fully saturated rings. The fourth-order valence-corrected chi connectivity index (χ4v) is 1.75. The molecule has 0 aromatic heterocycles. The molecule has 0 saturated heterocycles. The van der Waals surface area contributed by atoms with Gasteiger partial charge in [-0.25, -0.2) is 0 Å². The molecule has 2 N–H and O–H groups in total. The molecule has 0 aliphatic rings. The van der Waals surface area contributed by atoms with Crippen molar-refractivity contribution in [3.8, 4) is 0 Å². The third kappa shape index (κ3) is 4.18. The predicted octanol–water partition coefficient (Wildman–Crippen LogP) is 3.53. The van der Waals surface area contributed by atoms with Gasteiger partial charge in [0, 0.05) is 22.9 Å². The molecule has 21 heavy (non-hydrogen) atoms. The van der Waals surface area contributed by atoms with Crippen molar-refractivity contribution in [2.45, 2.75) is 13.8 Å². The van der Waals surface area contributed by atoms with E-state index in [1.807, 2.05) is 44.2 Å². The average Bonchev–Trinajstić information content (AvgIpc) is 2.48. The largest absolute Gasteiger partial charge is 0.326 e. The van der Waals surface area contributed by atoms with Crippen LogP contribution in [-0.2, 0) is 4.79 Å². The Morgan fingerprint density at radius 2 is 1.52 bits per heavy atom. The summed E-state index contributed by atoms with van der Waals surface area (Å²) in [6.45, 7) is 3.64. The number of anilines is 2. The van der Waals surface area contributed by atoms with Crippen LogP contribution in [0.3, 0.4) is 0 Å². The second-order valence-corrected chi connectivity index (χ2v) is 5.04. The molecule has 0 atom stereocenters. The zero-order valence-electron chi connectivity index (χ0n) is 12.1. The van der Waals surface area contributed by atoms with Gasteiger partial charge in [-0.2, -0.15) is 0 Å². The SMILES string of the molecule is CC(C)C(=O)Nc1cccc(C(=O)Nc2ccccc2)c1. The lowest BCUT2D eigenvalue weighted by atomic mass is 10.1. The van der Waals surface area contributed by atoms with Crippen molar-refractivity contribution in [2.75, 3.05) is 10.6 Å². The van der Waals surface area contributed by atoms with Crippen LogP contribution in [-0.4, -0.2) is 11.8 Å². The van der Waals surface area contributed by atoms with E-state index in [2.05, 4.69) is 10.6 Å². The molecule has 0 heterocycles. The van der Waals surface area contributed by atoms with Crippen molar-refractivity contribution in [1.29, 1.82) is 0 Å². The summed E-state index contributed by atoms with van der Waals surface area (Å²) >= 11 is 0. The standard InChI is InChI=1S/C17H18N2O2/c1-12(2)16(20)19-15-10-6-7-13(11-15)17(21)18-14-8-4-3-5-9-14/h3-12H,1-2H3,(H,18,21)(H,19,20). The van der Waals surface area contributed by atoms with E-state index in [1.165, 1.54) is 0 Å². The Kier molecular flexibility index (Phi) is 4.72. The van der Waals surface area contributed by atoms with Gasteiger partial charge in [-0.15, -0.1) is 0 Å². The number of hydrogen-bond acceptors (Lipinski definition) is 2. The average molecular weight is 282 g/mol. The quantitative estimate of drug-likeness (QED) is 0.901. The highest BCUT2D eigenvalue weighted by molar-refractivity contribution is 6.05. The van der Waals surface area contributed by atoms with Gasteiger partial charge in [-0.1, -0.05) is 38.1 Å². The zero-order chi connectivity index (χ0) is 15.2. The lowest BCUT2D eigenvalue weighted by Crippen LogP contribution is -2.18. The Morgan fingerprint density at radius 3 is 2.19 bits per heavy atom. The third-order valence-corrected chi connectivity index (χ3v) is 2.95. The van der Waals surface area contributed by atoms with E-state index in [1.54, 1.807) is 24.3 Å². The van der Waals surface area contributed by atoms with Gasteiger partial charge in [-0.3, -0.25) is 9.59 Å². The Labute approximate surface area is 124 Å². The van der Waals surface area contributed by atoms with E-state index in [9.17, 15) is 9.59 Å². The summed E-state index contributed by atoms with van der Waals surface area (Å²) < 4.78 is 0. The number of benzene rings is 2. The second kappa shape index (κ2) is 6.70. The molecule has 2 aromatic carbocycles. The van der Waals surface area contributed by atoms with Crippen LogP contribution in [0, 0.1) is 5.92 Å². The van der Waals surface area contributed by atoms with E-state index >= 15 is 0 Å². The normalized spacial score (nSPS) is 10.2. The molecular weight excluding hydrogens is 264 g/mol. The minimum atomic E-state index is -0.207. The number of hydrogen-bond donors (Lipinski definition) is 2. The number of para-hydroxylation sites is 1. The van der Waals surface area contributed by atoms with E-state index in [-0.39, 0.29) is 17.7 Å². The van der Waals surface area contributed by atoms with Crippen LogP contribution in [0.4, 0.5) is 11.4 Å². The first-order valence-corrected chi connectivity index (χ1v) is 6.83. The molecule has 0 bridgehead atoms. The smallest absolute Gasteiger partial charge is 0.255 e. The maximum atomic E-state index is 12.2. The maximum absolute atomic E-state index is 12.2. The van der Waals surface area contributed by atoms with Gasteiger partial charge in [0.05, 0.1) is 0 Å². The molecule has 2 amide bonds. The number of nitrogens with one attached hydrogen (secondary N) is 2. The predicted molar refractivity (Wildman–Crippen MR) is 84.3 cm³/mol. The molecule has 2 rings (SSSR count). The Balaban J connectivity index is 2.10. The Bertz CT molecular complexity index is 636. The van der Waals surface area contributed by atoms with Gasteiger partial charge < -0.3 is 10.6 Å². The number of rotatable bonds is 4. The molecule has 2 aromatic rings. The summed E-state index contributed by atoms with van der Waals surface area (Å²) in [4.78, 5) is 23.8. The number of carbonyl (C=O) groups is 2. The molecule has 0 aliphatic carbocycles. The zero-order valence-corrected chi connectivity index (χ0v) is 12.1. The van der Waals surface area contributed by atoms with Gasteiger partial charge in [0.2, 0.25) is 5.91 Å². The molecule has 0 spiro atoms. The van der Waals surface area contributed by atoms with Crippen LogP contribution in [0.25, 0.3) is 0 Å². The van der Waals surface area contributed by atoms with Crippen molar-refractivity contribution < 1.29 is 9.59 Å². The van der Waals surface area contributed by atoms with Crippen LogP contribution >= 0.6 is 0 Å². The van der Waals surface area contributed by atoms with Crippen LogP contribution < -0.4 is 10.6 Å². The fraction of sp³-hybridized carbons (Fsp3) is 0.176. The Hall–Kier alpha value is -2.62. The summed E-state index contributed by atoms with van der Waals surface area (Å²) in [5.74, 6) is -0.385. The summed E-state index contributed by atoms with van der Waals surface area (Å²) in [6.07, 6.45) is 0. The molecule has 0 unspecified atom stereocenters. The monoisotopic (exact) mass is 282 g/mol. The topological polar surface area (TPSA) is 58.2 Å². The minimum Gasteiger partial charge on any atom is -0.326 e. The van der Waals surface area contributed by atoms with E-state index in [0.717, 1.165) is 5.69 Å². The number of carbonyl (C=O) groups excluding carboxylic acids is 2. The second-order valence-electron chi connectivity index (χ2n) is 5.04. The lowest BCUT2D eigenvalue weighted by Gasteiger charge is -2.09. The molecule has 0 aliphatic heterocycles. The molecule has 108 valence electrons. The summed E-state index contributed by atoms with van der Waals surface area (Å²) in [7, 11) is 0. The molecule has 4 nitrogen and oxygen atoms in total. The maximum Gasteiger partial charge on any atom is 0.255 e. The van der Waals surface area contributed by atoms with E-state index < -0.39 is 0 Å². The van der Waals surface area contributed by atoms with Crippen molar-refractivity contribution in [3.05, 3.63) is 60.2 Å². The number of amides is 2. The van der Waals surface area contributed by atoms with Gasteiger partial charge in [0.15, 0.2) is 0 Å². The van der Waals surface area contributed by atoms with Gasteiger partial charge >= 0.3 is 0 Å². The minimum absolute atomic E-state index is 0.0735. The lowest BCUT2D eigenvalue weighted by molar-refractivity contribution is -0.118. The van der Waals surface area contributed by atoms with Crippen molar-refractivity contribution in [3.63, 3.8) is 0 Å². The summed E-state index contributed by atoms with van der Waals surface area (Å²) in [5, 5.41) is 5.59. The molecule has 0 saturated carbocycles. The molecular formula is C17H18N2O2.